The molecule has 22 heavy (non-hydrogen) atoms. The normalized spacial score (nSPS) is 11.2. The van der Waals surface area contributed by atoms with Gasteiger partial charge in [-0.1, -0.05) is 13.3 Å². The minimum atomic E-state index is -0.344. The predicted octanol–water partition coefficient (Wildman–Crippen LogP) is 2.64. The number of unbranched alkanes of at least 4 members (excludes halogenated alkanes) is 1. The van der Waals surface area contributed by atoms with E-state index in [9.17, 15) is 4.79 Å². The summed E-state index contributed by atoms with van der Waals surface area (Å²) in [5.41, 5.74) is -0.285. The van der Waals surface area contributed by atoms with E-state index >= 15 is 0 Å². The predicted molar refractivity (Wildman–Crippen MR) is 82.5 cm³/mol. The number of hydrogen-bond acceptors (Lipinski definition) is 7. The van der Waals surface area contributed by atoms with Crippen molar-refractivity contribution in [2.45, 2.75) is 33.2 Å². The van der Waals surface area contributed by atoms with Gasteiger partial charge in [-0.05, 0) is 25.6 Å². The smallest absolute Gasteiger partial charge is 0.286 e. The summed E-state index contributed by atoms with van der Waals surface area (Å²) in [7, 11) is 0. The molecule has 0 amide bonds. The summed E-state index contributed by atoms with van der Waals surface area (Å²) in [5.74, 6) is 0.401. The van der Waals surface area contributed by atoms with Crippen molar-refractivity contribution in [3.05, 3.63) is 21.5 Å². The highest BCUT2D eigenvalue weighted by atomic mass is 32.1. The molecule has 2 aromatic heterocycles. The van der Waals surface area contributed by atoms with Gasteiger partial charge < -0.3 is 14.7 Å². The van der Waals surface area contributed by atoms with E-state index in [4.69, 9.17) is 17.0 Å². The average molecular weight is 323 g/mol. The van der Waals surface area contributed by atoms with Crippen molar-refractivity contribution in [1.29, 1.82) is 0 Å². The maximum absolute atomic E-state index is 12.5. The molecule has 2 aromatic rings. The Morgan fingerprint density at radius 2 is 2.23 bits per heavy atom. The zero-order valence-corrected chi connectivity index (χ0v) is 13.2. The number of aromatic amines is 2. The summed E-state index contributed by atoms with van der Waals surface area (Å²) >= 11 is 5.20. The van der Waals surface area contributed by atoms with Crippen LogP contribution in [0, 0.1) is 4.77 Å². The van der Waals surface area contributed by atoms with Gasteiger partial charge in [0.15, 0.2) is 4.77 Å². The molecule has 2 N–H and O–H groups in total. The highest BCUT2D eigenvalue weighted by Crippen LogP contribution is 2.22. The van der Waals surface area contributed by atoms with Gasteiger partial charge in [0, 0.05) is 6.54 Å². The molecule has 0 atom stereocenters. The van der Waals surface area contributed by atoms with Crippen LogP contribution < -0.4 is 10.3 Å². The van der Waals surface area contributed by atoms with Crippen molar-refractivity contribution >= 4 is 23.9 Å². The van der Waals surface area contributed by atoms with E-state index in [-0.39, 0.29) is 23.1 Å². The summed E-state index contributed by atoms with van der Waals surface area (Å²) < 4.78 is 7.15. The Kier molecular flexibility index (Phi) is 5.53. The van der Waals surface area contributed by atoms with Crippen LogP contribution in [-0.2, 0) is 6.54 Å². The van der Waals surface area contributed by atoms with Gasteiger partial charge >= 0.3 is 0 Å². The molecule has 0 aliphatic carbocycles. The number of azo groups is 1. The Labute approximate surface area is 131 Å². The molecule has 9 nitrogen and oxygen atoms in total. The lowest BCUT2D eigenvalue weighted by atomic mass is 10.3. The van der Waals surface area contributed by atoms with Crippen molar-refractivity contribution < 1.29 is 4.74 Å². The van der Waals surface area contributed by atoms with Gasteiger partial charge in [-0.3, -0.25) is 9.36 Å². The molecule has 10 heteroatoms. The standard InChI is InChI=1S/C12H17N7O2S/c1-3-5-6-19-10(20)8(9(21-4-2)15-12(19)22)16-18-11-13-7-14-17-11/h7H,3-6H2,1-2H3,(H,15,22)(H,13,14,17)/b18-16+. The maximum Gasteiger partial charge on any atom is 0.286 e. The van der Waals surface area contributed by atoms with Gasteiger partial charge in [-0.2, -0.15) is 0 Å². The molecule has 0 bridgehead atoms. The minimum absolute atomic E-state index is 0.0583. The Morgan fingerprint density at radius 3 is 2.86 bits per heavy atom. The fourth-order valence-corrected chi connectivity index (χ4v) is 2.01. The molecule has 0 radical (unpaired) electrons. The van der Waals surface area contributed by atoms with E-state index in [1.54, 1.807) is 6.92 Å². The van der Waals surface area contributed by atoms with Gasteiger partial charge in [0.1, 0.15) is 6.33 Å². The number of nitrogens with one attached hydrogen (secondary N) is 2. The first-order valence-corrected chi connectivity index (χ1v) is 7.35. The van der Waals surface area contributed by atoms with E-state index in [1.807, 2.05) is 6.92 Å². The SMILES string of the molecule is CCCCn1c(=S)[nH]c(OCC)c(/N=N/c2nnc[nH]2)c1=O. The van der Waals surface area contributed by atoms with Crippen molar-refractivity contribution in [3.63, 3.8) is 0 Å². The molecule has 0 fully saturated rings. The molecule has 2 rings (SSSR count). The summed E-state index contributed by atoms with van der Waals surface area (Å²) in [6.45, 7) is 4.73. The zero-order valence-electron chi connectivity index (χ0n) is 12.4. The monoisotopic (exact) mass is 323 g/mol. The number of ether oxygens (including phenoxy) is 1. The maximum atomic E-state index is 12.5. The second kappa shape index (κ2) is 7.59. The molecule has 2 heterocycles. The minimum Gasteiger partial charge on any atom is -0.478 e. The topological polar surface area (TPSA) is 113 Å². The summed E-state index contributed by atoms with van der Waals surface area (Å²) in [6.07, 6.45) is 3.16. The fraction of sp³-hybridized carbons (Fsp3) is 0.500. The van der Waals surface area contributed by atoms with Crippen LogP contribution in [0.5, 0.6) is 5.88 Å². The van der Waals surface area contributed by atoms with Gasteiger partial charge in [0.05, 0.1) is 6.61 Å². The first kappa shape index (κ1) is 16.0. The third-order valence-corrected chi connectivity index (χ3v) is 3.12. The molecule has 0 unspecified atom stereocenters. The van der Waals surface area contributed by atoms with E-state index in [0.29, 0.717) is 17.9 Å². The highest BCUT2D eigenvalue weighted by Gasteiger charge is 2.13. The van der Waals surface area contributed by atoms with Crippen LogP contribution in [-0.4, -0.2) is 31.3 Å². The molecule has 0 aromatic carbocycles. The first-order valence-electron chi connectivity index (χ1n) is 6.95. The largest absolute Gasteiger partial charge is 0.478 e. The number of hydrogen-bond donors (Lipinski definition) is 2. The number of H-pyrrole nitrogens is 2. The lowest BCUT2D eigenvalue weighted by Gasteiger charge is -2.10. The van der Waals surface area contributed by atoms with Crippen LogP contribution in [0.4, 0.5) is 11.6 Å². The average Bonchev–Trinajstić information content (AvgIpc) is 3.00. The van der Waals surface area contributed by atoms with Crippen LogP contribution in [0.2, 0.25) is 0 Å². The van der Waals surface area contributed by atoms with Crippen LogP contribution in [0.1, 0.15) is 26.7 Å². The van der Waals surface area contributed by atoms with Crippen LogP contribution in [0.15, 0.2) is 21.4 Å². The molecule has 0 aliphatic rings. The van der Waals surface area contributed by atoms with E-state index in [1.165, 1.54) is 10.9 Å². The first-order chi connectivity index (χ1) is 10.7. The number of rotatable bonds is 7. The third kappa shape index (κ3) is 3.64. The lowest BCUT2D eigenvalue weighted by Crippen LogP contribution is -2.22. The third-order valence-electron chi connectivity index (χ3n) is 2.80. The van der Waals surface area contributed by atoms with Crippen LogP contribution >= 0.6 is 12.2 Å². The quantitative estimate of drug-likeness (QED) is 0.600. The Balaban J connectivity index is 2.48. The second-order valence-electron chi connectivity index (χ2n) is 4.36. The van der Waals surface area contributed by atoms with Crippen molar-refractivity contribution in [2.24, 2.45) is 10.2 Å². The van der Waals surface area contributed by atoms with E-state index in [2.05, 4.69) is 30.4 Å². The van der Waals surface area contributed by atoms with E-state index in [0.717, 1.165) is 12.8 Å². The van der Waals surface area contributed by atoms with Crippen molar-refractivity contribution in [3.8, 4) is 5.88 Å². The lowest BCUT2D eigenvalue weighted by molar-refractivity contribution is 0.324. The highest BCUT2D eigenvalue weighted by molar-refractivity contribution is 7.71. The summed E-state index contributed by atoms with van der Waals surface area (Å²) in [4.78, 5) is 18.1. The zero-order chi connectivity index (χ0) is 15.9. The van der Waals surface area contributed by atoms with E-state index < -0.39 is 0 Å². The fourth-order valence-electron chi connectivity index (χ4n) is 1.74. The van der Waals surface area contributed by atoms with Crippen LogP contribution in [0.3, 0.4) is 0 Å². The Hall–Kier alpha value is -2.36. The van der Waals surface area contributed by atoms with Gasteiger partial charge in [-0.25, -0.2) is 0 Å². The summed E-state index contributed by atoms with van der Waals surface area (Å²) in [5, 5.41) is 15.0. The van der Waals surface area contributed by atoms with Gasteiger partial charge in [0.2, 0.25) is 11.6 Å². The van der Waals surface area contributed by atoms with Crippen LogP contribution in [0.25, 0.3) is 0 Å². The van der Waals surface area contributed by atoms with Crippen molar-refractivity contribution in [2.75, 3.05) is 6.61 Å². The Bertz CT molecular complexity index is 748. The number of nitrogens with zero attached hydrogens (tertiary/aromatic N) is 5. The van der Waals surface area contributed by atoms with Gasteiger partial charge in [-0.15, -0.1) is 20.4 Å². The Morgan fingerprint density at radius 1 is 1.41 bits per heavy atom. The molecule has 0 aliphatic heterocycles. The summed E-state index contributed by atoms with van der Waals surface area (Å²) in [6, 6.07) is 0. The van der Waals surface area contributed by atoms with Gasteiger partial charge in [0.25, 0.3) is 11.5 Å². The molecular formula is C12H17N7O2S. The second-order valence-corrected chi connectivity index (χ2v) is 4.75. The molecule has 0 saturated carbocycles. The molecular weight excluding hydrogens is 306 g/mol. The van der Waals surface area contributed by atoms with Crippen molar-refractivity contribution in [1.82, 2.24) is 24.7 Å². The molecule has 0 spiro atoms. The molecule has 118 valence electrons. The molecule has 0 saturated heterocycles. The number of aromatic nitrogens is 5.